The minimum Gasteiger partial charge on any atom is -0.508 e. The van der Waals surface area contributed by atoms with E-state index in [4.69, 9.17) is 0 Å². The van der Waals surface area contributed by atoms with Crippen LogP contribution in [0.4, 0.5) is 5.69 Å². The minimum atomic E-state index is -1.61. The molecule has 3 aromatic rings. The molecule has 7 heteroatoms. The van der Waals surface area contributed by atoms with Gasteiger partial charge in [-0.2, -0.15) is 0 Å². The number of fused-ring (bicyclic) bond motifs is 2. The van der Waals surface area contributed by atoms with Gasteiger partial charge in [-0.25, -0.2) is 4.90 Å². The lowest BCUT2D eigenvalue weighted by Gasteiger charge is -2.31. The van der Waals surface area contributed by atoms with Crippen molar-refractivity contribution < 1.29 is 24.6 Å². The number of phenols is 1. The highest BCUT2D eigenvalue weighted by Crippen LogP contribution is 2.52. The van der Waals surface area contributed by atoms with Crippen LogP contribution in [0, 0.1) is 11.8 Å². The third-order valence-electron chi connectivity index (χ3n) is 6.96. The summed E-state index contributed by atoms with van der Waals surface area (Å²) in [6.07, 6.45) is 0.682. The monoisotopic (exact) mass is 444 g/mol. The Kier molecular flexibility index (Phi) is 4.94. The van der Waals surface area contributed by atoms with Crippen LogP contribution in [-0.2, 0) is 14.4 Å². The quantitative estimate of drug-likeness (QED) is 0.519. The molecular formula is C26H24N2O5. The summed E-state index contributed by atoms with van der Waals surface area (Å²) in [5.74, 6) is -4.24. The number of carbonyl (C=O) groups excluding carboxylic acids is 2. The van der Waals surface area contributed by atoms with Crippen molar-refractivity contribution in [3.63, 3.8) is 0 Å². The third kappa shape index (κ3) is 2.96. The van der Waals surface area contributed by atoms with Gasteiger partial charge in [-0.15, -0.1) is 0 Å². The van der Waals surface area contributed by atoms with Gasteiger partial charge in [-0.05, 0) is 23.9 Å². The van der Waals surface area contributed by atoms with Crippen LogP contribution < -0.4 is 10.2 Å². The number of amides is 2. The van der Waals surface area contributed by atoms with Crippen LogP contribution in [0.15, 0.2) is 66.7 Å². The lowest BCUT2D eigenvalue weighted by Crippen LogP contribution is -2.55. The second-order valence-corrected chi connectivity index (χ2v) is 8.72. The Morgan fingerprint density at radius 1 is 1.00 bits per heavy atom. The number of nitrogens with one attached hydrogen (secondary N) is 1. The number of carbonyl (C=O) groups is 3. The Labute approximate surface area is 190 Å². The van der Waals surface area contributed by atoms with Crippen LogP contribution in [0.1, 0.15) is 31.4 Å². The summed E-state index contributed by atoms with van der Waals surface area (Å²) in [5, 5.41) is 25.5. The summed E-state index contributed by atoms with van der Waals surface area (Å²) in [7, 11) is 0. The molecule has 168 valence electrons. The molecule has 7 nitrogen and oxygen atoms in total. The third-order valence-corrected chi connectivity index (χ3v) is 6.96. The lowest BCUT2D eigenvalue weighted by molar-refractivity contribution is -0.149. The van der Waals surface area contributed by atoms with Crippen molar-refractivity contribution in [2.75, 3.05) is 4.90 Å². The number of carboxylic acid groups (broad SMARTS) is 1. The maximum atomic E-state index is 13.8. The minimum absolute atomic E-state index is 0.0460. The molecule has 2 aliphatic rings. The molecule has 0 radical (unpaired) electrons. The Bertz CT molecular complexity index is 1280. The van der Waals surface area contributed by atoms with Gasteiger partial charge in [0.25, 0.3) is 0 Å². The van der Waals surface area contributed by atoms with Crippen LogP contribution in [0.2, 0.25) is 0 Å². The first-order valence-corrected chi connectivity index (χ1v) is 11.0. The Hall–Kier alpha value is -3.71. The van der Waals surface area contributed by atoms with E-state index in [0.29, 0.717) is 17.7 Å². The van der Waals surface area contributed by atoms with E-state index in [1.807, 2.05) is 37.3 Å². The number of phenolic OH excluding ortho intramolecular Hbond substituents is 1. The number of hydrogen-bond acceptors (Lipinski definition) is 5. The van der Waals surface area contributed by atoms with Crippen molar-refractivity contribution in [3.05, 3.63) is 72.3 Å². The Morgan fingerprint density at radius 2 is 1.70 bits per heavy atom. The zero-order valence-corrected chi connectivity index (χ0v) is 18.1. The second kappa shape index (κ2) is 7.71. The molecule has 0 saturated carbocycles. The van der Waals surface area contributed by atoms with Gasteiger partial charge in [-0.1, -0.05) is 67.9 Å². The molecule has 2 amide bonds. The molecule has 0 aliphatic carbocycles. The normalized spacial score (nSPS) is 26.7. The first kappa shape index (κ1) is 21.2. The summed E-state index contributed by atoms with van der Waals surface area (Å²) in [6.45, 7) is 1.85. The predicted octanol–water partition coefficient (Wildman–Crippen LogP) is 3.62. The van der Waals surface area contributed by atoms with Gasteiger partial charge in [-0.3, -0.25) is 19.7 Å². The summed E-state index contributed by atoms with van der Waals surface area (Å²) in [6, 6.07) is 18.6. The van der Waals surface area contributed by atoms with Gasteiger partial charge in [0.2, 0.25) is 11.8 Å². The van der Waals surface area contributed by atoms with Gasteiger partial charge >= 0.3 is 5.97 Å². The first-order valence-electron chi connectivity index (χ1n) is 11.0. The fourth-order valence-corrected chi connectivity index (χ4v) is 5.59. The predicted molar refractivity (Wildman–Crippen MR) is 123 cm³/mol. The van der Waals surface area contributed by atoms with Crippen LogP contribution in [-0.4, -0.2) is 33.5 Å². The molecule has 0 spiro atoms. The smallest absolute Gasteiger partial charge is 0.324 e. The molecule has 2 aliphatic heterocycles. The number of anilines is 1. The van der Waals surface area contributed by atoms with E-state index in [9.17, 15) is 24.6 Å². The van der Waals surface area contributed by atoms with Gasteiger partial charge in [0.15, 0.2) is 0 Å². The van der Waals surface area contributed by atoms with E-state index in [2.05, 4.69) is 5.32 Å². The highest BCUT2D eigenvalue weighted by Gasteiger charge is 2.68. The van der Waals surface area contributed by atoms with Crippen LogP contribution in [0.5, 0.6) is 5.75 Å². The fraction of sp³-hybridized carbons (Fsp3) is 0.269. The molecule has 2 heterocycles. The van der Waals surface area contributed by atoms with E-state index >= 15 is 0 Å². The highest BCUT2D eigenvalue weighted by atomic mass is 16.4. The summed E-state index contributed by atoms with van der Waals surface area (Å²) in [5.41, 5.74) is -0.754. The summed E-state index contributed by atoms with van der Waals surface area (Å²) in [4.78, 5) is 41.4. The van der Waals surface area contributed by atoms with Crippen LogP contribution in [0.3, 0.4) is 0 Å². The average molecular weight is 444 g/mol. The van der Waals surface area contributed by atoms with E-state index < -0.39 is 41.2 Å². The molecule has 3 N–H and O–H groups in total. The maximum Gasteiger partial charge on any atom is 0.324 e. The lowest BCUT2D eigenvalue weighted by atomic mass is 9.77. The molecule has 0 bridgehead atoms. The average Bonchev–Trinajstić information content (AvgIpc) is 3.28. The van der Waals surface area contributed by atoms with E-state index in [1.165, 1.54) is 6.07 Å². The molecule has 33 heavy (non-hydrogen) atoms. The maximum absolute atomic E-state index is 13.8. The standard InChI is InChI=1S/C26H24N2O5/c1-2-14-26(25(32)33)21-20(22(27-26)17-11-5-6-13-19(17)29)23(30)28(24(21)31)18-12-7-9-15-8-3-4-10-16(15)18/h3-13,20-22,27,29H,2,14H2,1H3,(H,32,33)/t20-,21+,22+,26-/m0/s1. The van der Waals surface area contributed by atoms with Crippen molar-refractivity contribution in [2.24, 2.45) is 11.8 Å². The number of imide groups is 1. The summed E-state index contributed by atoms with van der Waals surface area (Å²) >= 11 is 0. The number of carboxylic acids is 1. The number of aromatic hydroxyl groups is 1. The van der Waals surface area contributed by atoms with Crippen LogP contribution in [0.25, 0.3) is 10.8 Å². The Balaban J connectivity index is 1.70. The summed E-state index contributed by atoms with van der Waals surface area (Å²) < 4.78 is 0. The van der Waals surface area contributed by atoms with Crippen molar-refractivity contribution in [3.8, 4) is 5.75 Å². The van der Waals surface area contributed by atoms with Gasteiger partial charge in [0.05, 0.1) is 17.5 Å². The number of para-hydroxylation sites is 1. The van der Waals surface area contributed by atoms with E-state index in [-0.39, 0.29) is 12.2 Å². The van der Waals surface area contributed by atoms with Crippen molar-refractivity contribution in [2.45, 2.75) is 31.3 Å². The fourth-order valence-electron chi connectivity index (χ4n) is 5.59. The molecule has 2 fully saturated rings. The van der Waals surface area contributed by atoms with Crippen LogP contribution >= 0.6 is 0 Å². The molecule has 3 aromatic carbocycles. The molecule has 5 rings (SSSR count). The number of benzene rings is 3. The number of aliphatic carboxylic acids is 1. The van der Waals surface area contributed by atoms with Gasteiger partial charge in [0.1, 0.15) is 11.3 Å². The Morgan fingerprint density at radius 3 is 2.42 bits per heavy atom. The topological polar surface area (TPSA) is 107 Å². The second-order valence-electron chi connectivity index (χ2n) is 8.72. The largest absolute Gasteiger partial charge is 0.508 e. The van der Waals surface area contributed by atoms with Crippen molar-refractivity contribution in [1.29, 1.82) is 0 Å². The molecule has 0 unspecified atom stereocenters. The molecule has 0 aromatic heterocycles. The van der Waals surface area contributed by atoms with E-state index in [1.54, 1.807) is 30.3 Å². The van der Waals surface area contributed by atoms with Crippen molar-refractivity contribution in [1.82, 2.24) is 5.32 Å². The first-order chi connectivity index (χ1) is 15.9. The zero-order valence-electron chi connectivity index (χ0n) is 18.1. The molecular weight excluding hydrogens is 420 g/mol. The van der Waals surface area contributed by atoms with Gasteiger partial charge in [0, 0.05) is 17.0 Å². The zero-order chi connectivity index (χ0) is 23.3. The molecule has 2 saturated heterocycles. The van der Waals surface area contributed by atoms with Gasteiger partial charge < -0.3 is 10.2 Å². The molecule has 4 atom stereocenters. The van der Waals surface area contributed by atoms with Crippen molar-refractivity contribution >= 4 is 34.2 Å². The SMILES string of the molecule is CCC[C@]1(C(=O)O)N[C@H](c2ccccc2O)[C@H]2C(=O)N(c3cccc4ccccc34)C(=O)[C@@H]21. The van der Waals surface area contributed by atoms with E-state index in [0.717, 1.165) is 15.7 Å². The highest BCUT2D eigenvalue weighted by molar-refractivity contribution is 6.26. The number of nitrogens with zero attached hydrogens (tertiary/aromatic N) is 1. The number of rotatable bonds is 5. The number of hydrogen-bond donors (Lipinski definition) is 3.